The lowest BCUT2D eigenvalue weighted by Crippen LogP contribution is -2.41. The average Bonchev–Trinajstić information content (AvgIpc) is 2.46. The van der Waals surface area contributed by atoms with Crippen molar-refractivity contribution in [3.05, 3.63) is 29.8 Å². The highest BCUT2D eigenvalue weighted by Gasteiger charge is 2.05. The van der Waals surface area contributed by atoms with E-state index in [2.05, 4.69) is 17.6 Å². The van der Waals surface area contributed by atoms with Gasteiger partial charge < -0.3 is 15.7 Å². The Morgan fingerprint density at radius 1 is 1.19 bits per heavy atom. The van der Waals surface area contributed by atoms with Crippen LogP contribution in [0, 0.1) is 0 Å². The van der Waals surface area contributed by atoms with Crippen LogP contribution >= 0.6 is 0 Å². The molecule has 1 aromatic carbocycles. The molecule has 3 N–H and O–H groups in total. The minimum Gasteiger partial charge on any atom is -0.508 e. The first-order valence-corrected chi connectivity index (χ1v) is 7.94. The molecular formula is C17H28N2O2. The van der Waals surface area contributed by atoms with Crippen LogP contribution in [0.1, 0.15) is 51.5 Å². The van der Waals surface area contributed by atoms with Crippen molar-refractivity contribution in [1.82, 2.24) is 10.6 Å². The van der Waals surface area contributed by atoms with Crippen LogP contribution in [0.15, 0.2) is 24.3 Å². The Labute approximate surface area is 128 Å². The third-order valence-electron chi connectivity index (χ3n) is 3.48. The van der Waals surface area contributed by atoms with Crippen molar-refractivity contribution >= 4 is 6.03 Å². The Kier molecular flexibility index (Phi) is 8.32. The van der Waals surface area contributed by atoms with Crippen molar-refractivity contribution in [3.63, 3.8) is 0 Å². The van der Waals surface area contributed by atoms with E-state index in [1.54, 1.807) is 12.1 Å². The lowest BCUT2D eigenvalue weighted by molar-refractivity contribution is 0.237. The first-order valence-electron chi connectivity index (χ1n) is 7.94. The molecule has 0 fully saturated rings. The maximum Gasteiger partial charge on any atom is 0.314 e. The summed E-state index contributed by atoms with van der Waals surface area (Å²) in [5.74, 6) is 0.285. The first-order chi connectivity index (χ1) is 10.1. The van der Waals surface area contributed by atoms with Crippen molar-refractivity contribution in [2.45, 2.75) is 58.4 Å². The zero-order valence-electron chi connectivity index (χ0n) is 13.2. The molecule has 0 bridgehead atoms. The number of aryl methyl sites for hydroxylation is 1. The van der Waals surface area contributed by atoms with E-state index in [1.807, 2.05) is 19.1 Å². The largest absolute Gasteiger partial charge is 0.508 e. The van der Waals surface area contributed by atoms with Gasteiger partial charge in [0.1, 0.15) is 5.75 Å². The minimum absolute atomic E-state index is 0.0790. The fraction of sp³-hybridized carbons (Fsp3) is 0.588. The highest BCUT2D eigenvalue weighted by molar-refractivity contribution is 5.74. The number of hydrogen-bond acceptors (Lipinski definition) is 2. The molecule has 1 aromatic rings. The van der Waals surface area contributed by atoms with Crippen LogP contribution in [-0.2, 0) is 6.42 Å². The number of phenolic OH excluding ortho intramolecular Hbond substituents is 1. The van der Waals surface area contributed by atoms with Crippen molar-refractivity contribution in [1.29, 1.82) is 0 Å². The van der Waals surface area contributed by atoms with E-state index in [4.69, 9.17) is 0 Å². The van der Waals surface area contributed by atoms with Crippen LogP contribution in [0.3, 0.4) is 0 Å². The average molecular weight is 292 g/mol. The summed E-state index contributed by atoms with van der Waals surface area (Å²) < 4.78 is 0. The monoisotopic (exact) mass is 292 g/mol. The van der Waals surface area contributed by atoms with Crippen LogP contribution < -0.4 is 10.6 Å². The zero-order chi connectivity index (χ0) is 15.5. The van der Waals surface area contributed by atoms with E-state index < -0.39 is 0 Å². The normalized spacial score (nSPS) is 11.9. The summed E-state index contributed by atoms with van der Waals surface area (Å²) >= 11 is 0. The molecule has 4 heteroatoms. The van der Waals surface area contributed by atoms with Gasteiger partial charge in [0, 0.05) is 12.6 Å². The summed E-state index contributed by atoms with van der Waals surface area (Å²) in [7, 11) is 0. The van der Waals surface area contributed by atoms with Crippen molar-refractivity contribution in [2.24, 2.45) is 0 Å². The number of nitrogens with one attached hydrogen (secondary N) is 2. The Hall–Kier alpha value is -1.71. The Balaban J connectivity index is 2.08. The molecule has 0 aliphatic carbocycles. The lowest BCUT2D eigenvalue weighted by atomic mass is 10.1. The molecule has 0 aliphatic heterocycles. The highest BCUT2D eigenvalue weighted by atomic mass is 16.3. The molecule has 0 aromatic heterocycles. The summed E-state index contributed by atoms with van der Waals surface area (Å²) in [6, 6.07) is 7.34. The second kappa shape index (κ2) is 10.1. The number of unbranched alkanes of at least 4 members (excludes halogenated alkanes) is 2. The summed E-state index contributed by atoms with van der Waals surface area (Å²) in [5, 5.41) is 15.0. The number of carbonyl (C=O) groups is 1. The van der Waals surface area contributed by atoms with Crippen molar-refractivity contribution < 1.29 is 9.90 Å². The molecule has 4 nitrogen and oxygen atoms in total. The number of carbonyl (C=O) groups excluding carboxylic acids is 1. The van der Waals surface area contributed by atoms with Gasteiger partial charge in [0.25, 0.3) is 0 Å². The third-order valence-corrected chi connectivity index (χ3v) is 3.48. The fourth-order valence-corrected chi connectivity index (χ4v) is 2.20. The molecule has 1 unspecified atom stereocenters. The Morgan fingerprint density at radius 2 is 1.90 bits per heavy atom. The first kappa shape index (κ1) is 17.3. The lowest BCUT2D eigenvalue weighted by Gasteiger charge is -2.14. The Morgan fingerprint density at radius 3 is 2.57 bits per heavy atom. The number of hydrogen-bond donors (Lipinski definition) is 3. The molecular weight excluding hydrogens is 264 g/mol. The maximum absolute atomic E-state index is 11.7. The molecule has 0 saturated heterocycles. The van der Waals surface area contributed by atoms with E-state index in [1.165, 1.54) is 24.8 Å². The predicted molar refractivity (Wildman–Crippen MR) is 86.6 cm³/mol. The topological polar surface area (TPSA) is 61.4 Å². The van der Waals surface area contributed by atoms with E-state index >= 15 is 0 Å². The van der Waals surface area contributed by atoms with Crippen molar-refractivity contribution in [2.75, 3.05) is 6.54 Å². The van der Waals surface area contributed by atoms with Gasteiger partial charge in [-0.05, 0) is 43.9 Å². The van der Waals surface area contributed by atoms with Gasteiger partial charge in [-0.1, -0.05) is 38.3 Å². The molecule has 1 rings (SSSR count). The third kappa shape index (κ3) is 8.23. The number of aromatic hydroxyl groups is 1. The van der Waals surface area contributed by atoms with Crippen LogP contribution in [0.4, 0.5) is 4.79 Å². The fourth-order valence-electron chi connectivity index (χ4n) is 2.20. The molecule has 1 atom stereocenters. The minimum atomic E-state index is -0.0790. The summed E-state index contributed by atoms with van der Waals surface area (Å²) in [5.41, 5.74) is 1.17. The number of benzene rings is 1. The zero-order valence-corrected chi connectivity index (χ0v) is 13.2. The Bertz CT molecular complexity index is 404. The van der Waals surface area contributed by atoms with Gasteiger partial charge in [0.15, 0.2) is 0 Å². The van der Waals surface area contributed by atoms with E-state index in [9.17, 15) is 9.90 Å². The van der Waals surface area contributed by atoms with Crippen molar-refractivity contribution in [3.8, 4) is 5.75 Å². The van der Waals surface area contributed by atoms with Crippen LogP contribution in [0.2, 0.25) is 0 Å². The second-order valence-electron chi connectivity index (χ2n) is 5.57. The number of rotatable bonds is 9. The van der Waals surface area contributed by atoms with Crippen LogP contribution in [0.5, 0.6) is 5.75 Å². The van der Waals surface area contributed by atoms with Gasteiger partial charge in [-0.25, -0.2) is 4.79 Å². The summed E-state index contributed by atoms with van der Waals surface area (Å²) in [4.78, 5) is 11.7. The van der Waals surface area contributed by atoms with Gasteiger partial charge in [-0.2, -0.15) is 0 Å². The summed E-state index contributed by atoms with van der Waals surface area (Å²) in [6.45, 7) is 4.89. The molecule has 0 radical (unpaired) electrons. The van der Waals surface area contributed by atoms with Gasteiger partial charge in [0.2, 0.25) is 0 Å². The van der Waals surface area contributed by atoms with E-state index in [0.29, 0.717) is 6.54 Å². The number of phenols is 1. The van der Waals surface area contributed by atoms with E-state index in [-0.39, 0.29) is 17.8 Å². The van der Waals surface area contributed by atoms with Gasteiger partial charge in [0.05, 0.1) is 0 Å². The molecule has 2 amide bonds. The standard InChI is InChI=1S/C17H28N2O2/c1-3-4-5-7-14(2)19-17(21)18-13-6-8-15-9-11-16(20)12-10-15/h9-12,14,20H,3-8,13H2,1-2H3,(H2,18,19,21). The quantitative estimate of drug-likeness (QED) is 0.609. The molecule has 0 aliphatic rings. The molecule has 118 valence electrons. The van der Waals surface area contributed by atoms with E-state index in [0.717, 1.165) is 19.3 Å². The molecule has 0 heterocycles. The number of urea groups is 1. The molecule has 21 heavy (non-hydrogen) atoms. The second-order valence-corrected chi connectivity index (χ2v) is 5.57. The van der Waals surface area contributed by atoms with Crippen LogP contribution in [-0.4, -0.2) is 23.7 Å². The predicted octanol–water partition coefficient (Wildman–Crippen LogP) is 3.59. The van der Waals surface area contributed by atoms with Crippen LogP contribution in [0.25, 0.3) is 0 Å². The maximum atomic E-state index is 11.7. The number of amides is 2. The molecule has 0 spiro atoms. The van der Waals surface area contributed by atoms with Gasteiger partial charge in [-0.3, -0.25) is 0 Å². The molecule has 0 saturated carbocycles. The SMILES string of the molecule is CCCCCC(C)NC(=O)NCCCc1ccc(O)cc1. The highest BCUT2D eigenvalue weighted by Crippen LogP contribution is 2.10. The summed E-state index contributed by atoms with van der Waals surface area (Å²) in [6.07, 6.45) is 6.42. The van der Waals surface area contributed by atoms with Gasteiger partial charge >= 0.3 is 6.03 Å². The van der Waals surface area contributed by atoms with Gasteiger partial charge in [-0.15, -0.1) is 0 Å². The smallest absolute Gasteiger partial charge is 0.314 e.